The predicted molar refractivity (Wildman–Crippen MR) is 136 cm³/mol. The summed E-state index contributed by atoms with van der Waals surface area (Å²) in [5.41, 5.74) is 2.78. The third kappa shape index (κ3) is 5.50. The third-order valence-corrected chi connectivity index (χ3v) is 6.01. The van der Waals surface area contributed by atoms with E-state index in [0.717, 1.165) is 24.2 Å². The van der Waals surface area contributed by atoms with Crippen LogP contribution in [0.2, 0.25) is 0 Å². The third-order valence-electron chi connectivity index (χ3n) is 6.01. The maximum absolute atomic E-state index is 12.6. The van der Waals surface area contributed by atoms with Crippen molar-refractivity contribution in [3.05, 3.63) is 82.1 Å². The van der Waals surface area contributed by atoms with Crippen molar-refractivity contribution in [3.8, 4) is 6.07 Å². The lowest BCUT2D eigenvalue weighted by Gasteiger charge is -2.27. The quantitative estimate of drug-likeness (QED) is 0.482. The summed E-state index contributed by atoms with van der Waals surface area (Å²) in [6.07, 6.45) is 5.67. The van der Waals surface area contributed by atoms with Crippen LogP contribution in [-0.2, 0) is 0 Å². The number of anilines is 1. The number of H-pyrrole nitrogens is 1. The average Bonchev–Trinajstić information content (AvgIpc) is 3.28. The lowest BCUT2D eigenvalue weighted by atomic mass is 10.0. The minimum Gasteiger partial charge on any atom is -0.408 e. The van der Waals surface area contributed by atoms with Gasteiger partial charge in [-0.1, -0.05) is 41.5 Å². The van der Waals surface area contributed by atoms with Gasteiger partial charge in [-0.3, -0.25) is 9.69 Å². The number of allylic oxidation sites excluding steroid dienone is 4. The van der Waals surface area contributed by atoms with Crippen molar-refractivity contribution < 1.29 is 4.42 Å². The number of nitrogens with one attached hydrogen (secondary N) is 1. The Morgan fingerprint density at radius 1 is 1.26 bits per heavy atom. The Kier molecular flexibility index (Phi) is 7.82. The molecule has 8 nitrogen and oxygen atoms in total. The highest BCUT2D eigenvalue weighted by molar-refractivity contribution is 5.90. The minimum absolute atomic E-state index is 0.181. The fourth-order valence-electron chi connectivity index (χ4n) is 3.56. The van der Waals surface area contributed by atoms with Gasteiger partial charge in [0, 0.05) is 49.6 Å². The Hall–Kier alpha value is -3.96. The highest BCUT2D eigenvalue weighted by atomic mass is 16.4. The molecule has 1 N–H and O–H groups in total. The van der Waals surface area contributed by atoms with Crippen molar-refractivity contribution in [2.75, 3.05) is 32.1 Å². The summed E-state index contributed by atoms with van der Waals surface area (Å²) in [6, 6.07) is 9.82. The minimum atomic E-state index is -0.230. The first kappa shape index (κ1) is 24.7. The molecule has 0 saturated carbocycles. The Morgan fingerprint density at radius 2 is 2.03 bits per heavy atom. The molecule has 176 valence electrons. The molecule has 1 atom stereocenters. The van der Waals surface area contributed by atoms with Crippen LogP contribution in [0.5, 0.6) is 0 Å². The molecule has 0 aliphatic rings. The maximum Gasteiger partial charge on any atom is 0.317 e. The van der Waals surface area contributed by atoms with Crippen LogP contribution in [0.3, 0.4) is 0 Å². The molecule has 2 heterocycles. The van der Waals surface area contributed by atoms with Gasteiger partial charge in [-0.2, -0.15) is 5.26 Å². The van der Waals surface area contributed by atoms with Crippen molar-refractivity contribution >= 4 is 22.4 Å². The first-order valence-corrected chi connectivity index (χ1v) is 11.0. The van der Waals surface area contributed by atoms with Gasteiger partial charge < -0.3 is 14.3 Å². The van der Waals surface area contributed by atoms with Gasteiger partial charge in [0.1, 0.15) is 0 Å². The van der Waals surface area contributed by atoms with Gasteiger partial charge in [0.05, 0.1) is 11.6 Å². The number of nitriles is 1. The smallest absolute Gasteiger partial charge is 0.317 e. The normalized spacial score (nSPS) is 13.2. The van der Waals surface area contributed by atoms with Crippen molar-refractivity contribution in [2.24, 2.45) is 0 Å². The zero-order valence-corrected chi connectivity index (χ0v) is 20.3. The van der Waals surface area contributed by atoms with Crippen molar-refractivity contribution in [2.45, 2.75) is 26.8 Å². The molecule has 0 spiro atoms. The van der Waals surface area contributed by atoms with E-state index in [2.05, 4.69) is 53.6 Å². The highest BCUT2D eigenvalue weighted by Crippen LogP contribution is 2.21. The van der Waals surface area contributed by atoms with Crippen molar-refractivity contribution in [1.29, 1.82) is 5.26 Å². The van der Waals surface area contributed by atoms with Crippen LogP contribution in [0.4, 0.5) is 6.01 Å². The number of hydrogen-bond donors (Lipinski definition) is 1. The molecule has 3 rings (SSSR count). The first-order chi connectivity index (χ1) is 16.2. The second-order valence-corrected chi connectivity index (χ2v) is 8.31. The summed E-state index contributed by atoms with van der Waals surface area (Å²) in [7, 11) is 3.99. The second-order valence-electron chi connectivity index (χ2n) is 8.31. The largest absolute Gasteiger partial charge is 0.408 e. The SMILES string of the molecule is C=C/C(=C\C=C(/C)C(C)N(C)CCN(C)c1nnc(C)o1)c1cc2c(C#N)cccc2c(=O)[nH]1. The standard InChI is InChI=1S/C26H30N6O2/c1-7-20(24-15-23-21(16-27)9-8-10-22(23)25(33)28-24)12-11-17(2)18(3)31(5)13-14-32(6)26-30-29-19(4)34-26/h7-12,15,18H,1,13-14H2,2-6H3,(H,28,33)/b17-11+,20-12+. The number of aryl methyl sites for hydroxylation is 1. The predicted octanol–water partition coefficient (Wildman–Crippen LogP) is 4.06. The van der Waals surface area contributed by atoms with E-state index in [1.54, 1.807) is 31.2 Å². The van der Waals surface area contributed by atoms with Crippen molar-refractivity contribution in [3.63, 3.8) is 0 Å². The number of hydrogen-bond acceptors (Lipinski definition) is 7. The van der Waals surface area contributed by atoms with E-state index in [0.29, 0.717) is 33.9 Å². The van der Waals surface area contributed by atoms with Gasteiger partial charge in [0.2, 0.25) is 5.89 Å². The van der Waals surface area contributed by atoms with E-state index in [1.807, 2.05) is 30.2 Å². The van der Waals surface area contributed by atoms with Crippen LogP contribution in [-0.4, -0.2) is 53.3 Å². The molecule has 0 radical (unpaired) electrons. The molecule has 3 aromatic rings. The zero-order chi connectivity index (χ0) is 24.8. The Morgan fingerprint density at radius 3 is 2.68 bits per heavy atom. The van der Waals surface area contributed by atoms with E-state index >= 15 is 0 Å². The van der Waals surface area contributed by atoms with Gasteiger partial charge in [-0.05, 0) is 44.7 Å². The average molecular weight is 459 g/mol. The van der Waals surface area contributed by atoms with E-state index in [1.165, 1.54) is 0 Å². The van der Waals surface area contributed by atoms with E-state index in [9.17, 15) is 10.1 Å². The summed E-state index contributed by atoms with van der Waals surface area (Å²) in [5.74, 6) is 0.545. The topological polar surface area (TPSA) is 102 Å². The Bertz CT molecular complexity index is 1340. The molecule has 0 bridgehead atoms. The molecular formula is C26H30N6O2. The van der Waals surface area contributed by atoms with Gasteiger partial charge >= 0.3 is 6.01 Å². The zero-order valence-electron chi connectivity index (χ0n) is 20.3. The fraction of sp³-hybridized carbons (Fsp3) is 0.308. The van der Waals surface area contributed by atoms with Crippen LogP contribution < -0.4 is 10.5 Å². The molecule has 8 heteroatoms. The summed E-state index contributed by atoms with van der Waals surface area (Å²) < 4.78 is 5.47. The van der Waals surface area contributed by atoms with E-state index < -0.39 is 0 Å². The Balaban J connectivity index is 1.76. The molecule has 0 amide bonds. The van der Waals surface area contributed by atoms with Crippen LogP contribution >= 0.6 is 0 Å². The number of rotatable bonds is 9. The van der Waals surface area contributed by atoms with Crippen LogP contribution in [0, 0.1) is 18.3 Å². The summed E-state index contributed by atoms with van der Waals surface area (Å²) in [4.78, 5) is 19.7. The number of aromatic nitrogens is 3. The fourth-order valence-corrected chi connectivity index (χ4v) is 3.56. The number of benzene rings is 1. The van der Waals surface area contributed by atoms with Gasteiger partial charge in [-0.25, -0.2) is 0 Å². The van der Waals surface area contributed by atoms with Gasteiger partial charge in [0.15, 0.2) is 0 Å². The molecule has 0 aliphatic carbocycles. The molecule has 1 aromatic carbocycles. The molecule has 1 unspecified atom stereocenters. The lowest BCUT2D eigenvalue weighted by molar-refractivity contribution is 0.291. The highest BCUT2D eigenvalue weighted by Gasteiger charge is 2.14. The number of nitrogens with zero attached hydrogens (tertiary/aromatic N) is 5. The summed E-state index contributed by atoms with van der Waals surface area (Å²) >= 11 is 0. The number of fused-ring (bicyclic) bond motifs is 1. The van der Waals surface area contributed by atoms with Crippen LogP contribution in [0.25, 0.3) is 16.3 Å². The summed E-state index contributed by atoms with van der Waals surface area (Å²) in [5, 5.41) is 18.5. The Labute approximate surface area is 199 Å². The molecule has 34 heavy (non-hydrogen) atoms. The number of pyridine rings is 1. The number of aromatic amines is 1. The monoisotopic (exact) mass is 458 g/mol. The molecule has 2 aromatic heterocycles. The van der Waals surface area contributed by atoms with Crippen LogP contribution in [0.1, 0.15) is 31.0 Å². The second kappa shape index (κ2) is 10.8. The molecule has 0 saturated heterocycles. The lowest BCUT2D eigenvalue weighted by Crippen LogP contribution is -2.36. The van der Waals surface area contributed by atoms with Gasteiger partial charge in [0.25, 0.3) is 5.56 Å². The maximum atomic E-state index is 12.6. The van der Waals surface area contributed by atoms with E-state index in [4.69, 9.17) is 4.42 Å². The molecule has 0 aliphatic heterocycles. The summed E-state index contributed by atoms with van der Waals surface area (Å²) in [6.45, 7) is 11.4. The van der Waals surface area contributed by atoms with Crippen LogP contribution in [0.15, 0.2) is 63.9 Å². The van der Waals surface area contributed by atoms with Crippen molar-refractivity contribution in [1.82, 2.24) is 20.1 Å². The number of likely N-dealkylation sites (N-methyl/N-ethyl adjacent to an activating group) is 2. The first-order valence-electron chi connectivity index (χ1n) is 11.0. The molecular weight excluding hydrogens is 428 g/mol. The molecule has 0 fully saturated rings. The van der Waals surface area contributed by atoms with Gasteiger partial charge in [-0.15, -0.1) is 5.10 Å². The van der Waals surface area contributed by atoms with E-state index in [-0.39, 0.29) is 11.6 Å².